The average Bonchev–Trinajstić information content (AvgIpc) is 3.33. The standard InChI is InChI=1S/C25H31N3O4S/c29-24(13-8-18-4-1-2-5-18)26-21-9-11-22(12-10-21)33(31,32)27-15-19-14-20(17-27)23-6-3-7-25(30)28(23)16-19/h3,6-7,9-12,18-20H,1-2,4-5,8,13-17H2,(H,26,29). The molecule has 2 bridgehead atoms. The van der Waals surface area contributed by atoms with Crippen LogP contribution in [0.5, 0.6) is 0 Å². The summed E-state index contributed by atoms with van der Waals surface area (Å²) < 4.78 is 30.1. The zero-order valence-electron chi connectivity index (χ0n) is 18.8. The predicted molar refractivity (Wildman–Crippen MR) is 127 cm³/mol. The van der Waals surface area contributed by atoms with E-state index in [2.05, 4.69) is 5.32 Å². The van der Waals surface area contributed by atoms with E-state index in [0.717, 1.165) is 18.5 Å². The molecular weight excluding hydrogens is 438 g/mol. The number of rotatable bonds is 6. The molecule has 2 atom stereocenters. The van der Waals surface area contributed by atoms with E-state index in [1.165, 1.54) is 25.7 Å². The minimum Gasteiger partial charge on any atom is -0.326 e. The Morgan fingerprint density at radius 1 is 1.00 bits per heavy atom. The number of carbonyl (C=O) groups is 1. The lowest BCUT2D eigenvalue weighted by Gasteiger charge is -2.42. The van der Waals surface area contributed by atoms with Crippen molar-refractivity contribution in [1.82, 2.24) is 8.87 Å². The highest BCUT2D eigenvalue weighted by Crippen LogP contribution is 2.37. The van der Waals surface area contributed by atoms with E-state index in [0.29, 0.717) is 37.7 Å². The van der Waals surface area contributed by atoms with Crippen molar-refractivity contribution in [2.45, 2.75) is 62.3 Å². The highest BCUT2D eigenvalue weighted by molar-refractivity contribution is 7.89. The number of carbonyl (C=O) groups excluding carboxylic acids is 1. The van der Waals surface area contributed by atoms with Gasteiger partial charge in [0.25, 0.3) is 5.56 Å². The largest absolute Gasteiger partial charge is 0.326 e. The second kappa shape index (κ2) is 9.06. The number of hydrogen-bond acceptors (Lipinski definition) is 4. The molecule has 5 rings (SSSR count). The van der Waals surface area contributed by atoms with Crippen molar-refractivity contribution in [3.8, 4) is 0 Å². The number of benzene rings is 1. The van der Waals surface area contributed by atoms with Crippen LogP contribution in [-0.4, -0.2) is 36.3 Å². The van der Waals surface area contributed by atoms with Crippen LogP contribution >= 0.6 is 0 Å². The van der Waals surface area contributed by atoms with Crippen molar-refractivity contribution in [2.24, 2.45) is 11.8 Å². The molecule has 1 saturated carbocycles. The van der Waals surface area contributed by atoms with Crippen LogP contribution in [0.4, 0.5) is 5.69 Å². The minimum absolute atomic E-state index is 0.0145. The quantitative estimate of drug-likeness (QED) is 0.701. The van der Waals surface area contributed by atoms with E-state index in [4.69, 9.17) is 0 Å². The summed E-state index contributed by atoms with van der Waals surface area (Å²) in [6.45, 7) is 1.35. The summed E-state index contributed by atoms with van der Waals surface area (Å²) in [7, 11) is -3.65. The third kappa shape index (κ3) is 4.64. The summed E-state index contributed by atoms with van der Waals surface area (Å²) >= 11 is 0. The first-order valence-electron chi connectivity index (χ1n) is 12.0. The number of anilines is 1. The summed E-state index contributed by atoms with van der Waals surface area (Å²) in [5.41, 5.74) is 1.53. The van der Waals surface area contributed by atoms with Gasteiger partial charge >= 0.3 is 0 Å². The summed E-state index contributed by atoms with van der Waals surface area (Å²) in [5.74, 6) is 0.803. The number of amides is 1. The third-order valence-electron chi connectivity index (χ3n) is 7.48. The molecule has 1 amide bonds. The molecule has 3 aliphatic rings. The Bertz CT molecular complexity index is 1180. The first-order chi connectivity index (χ1) is 15.9. The first-order valence-corrected chi connectivity index (χ1v) is 13.4. The van der Waals surface area contributed by atoms with Crippen LogP contribution in [0, 0.1) is 11.8 Å². The maximum atomic E-state index is 13.4. The van der Waals surface area contributed by atoms with Gasteiger partial charge in [-0.25, -0.2) is 8.42 Å². The lowest BCUT2D eigenvalue weighted by molar-refractivity contribution is -0.116. The molecule has 3 heterocycles. The Kier molecular flexibility index (Phi) is 6.14. The molecule has 1 aromatic carbocycles. The molecule has 1 saturated heterocycles. The minimum atomic E-state index is -3.65. The van der Waals surface area contributed by atoms with E-state index >= 15 is 0 Å². The van der Waals surface area contributed by atoms with Crippen molar-refractivity contribution in [2.75, 3.05) is 18.4 Å². The molecule has 8 heteroatoms. The van der Waals surface area contributed by atoms with E-state index in [1.807, 2.05) is 6.07 Å². The van der Waals surface area contributed by atoms with Crippen LogP contribution in [0.15, 0.2) is 52.2 Å². The Hall–Kier alpha value is -2.45. The molecule has 2 aromatic rings. The molecule has 1 aromatic heterocycles. The van der Waals surface area contributed by atoms with Crippen molar-refractivity contribution < 1.29 is 13.2 Å². The predicted octanol–water partition coefficient (Wildman–Crippen LogP) is 3.57. The monoisotopic (exact) mass is 469 g/mol. The van der Waals surface area contributed by atoms with Gasteiger partial charge in [0.15, 0.2) is 0 Å². The van der Waals surface area contributed by atoms with Gasteiger partial charge in [-0.1, -0.05) is 31.7 Å². The van der Waals surface area contributed by atoms with Crippen molar-refractivity contribution >= 4 is 21.6 Å². The highest BCUT2D eigenvalue weighted by Gasteiger charge is 2.39. The van der Waals surface area contributed by atoms with Crippen LogP contribution in [-0.2, 0) is 21.4 Å². The van der Waals surface area contributed by atoms with Crippen LogP contribution in [0.25, 0.3) is 0 Å². The van der Waals surface area contributed by atoms with Gasteiger partial charge < -0.3 is 9.88 Å². The maximum absolute atomic E-state index is 13.4. The van der Waals surface area contributed by atoms with Gasteiger partial charge in [-0.05, 0) is 55.0 Å². The van der Waals surface area contributed by atoms with Crippen LogP contribution in [0.1, 0.15) is 56.6 Å². The fraction of sp³-hybridized carbons (Fsp3) is 0.520. The molecular formula is C25H31N3O4S. The van der Waals surface area contributed by atoms with Crippen LogP contribution < -0.4 is 10.9 Å². The van der Waals surface area contributed by atoms with E-state index in [-0.39, 0.29) is 28.2 Å². The Labute approximate surface area is 194 Å². The second-order valence-electron chi connectivity index (χ2n) is 9.78. The lowest BCUT2D eigenvalue weighted by Crippen LogP contribution is -2.48. The number of nitrogens with one attached hydrogen (secondary N) is 1. The summed E-state index contributed by atoms with van der Waals surface area (Å²) in [6.07, 6.45) is 7.32. The van der Waals surface area contributed by atoms with Gasteiger partial charge in [0.05, 0.1) is 4.90 Å². The van der Waals surface area contributed by atoms with Gasteiger partial charge in [0, 0.05) is 49.4 Å². The normalized spacial score (nSPS) is 23.3. The van der Waals surface area contributed by atoms with Gasteiger partial charge in [0.1, 0.15) is 0 Å². The Morgan fingerprint density at radius 2 is 1.76 bits per heavy atom. The van der Waals surface area contributed by atoms with Gasteiger partial charge in [-0.3, -0.25) is 9.59 Å². The van der Waals surface area contributed by atoms with E-state index in [1.54, 1.807) is 45.3 Å². The number of sulfonamides is 1. The van der Waals surface area contributed by atoms with Crippen molar-refractivity contribution in [1.29, 1.82) is 0 Å². The van der Waals surface area contributed by atoms with E-state index < -0.39 is 10.0 Å². The van der Waals surface area contributed by atoms with Gasteiger partial charge in [-0.2, -0.15) is 4.31 Å². The topological polar surface area (TPSA) is 88.5 Å². The highest BCUT2D eigenvalue weighted by atomic mass is 32.2. The Balaban J connectivity index is 1.25. The van der Waals surface area contributed by atoms with Gasteiger partial charge in [-0.15, -0.1) is 0 Å². The van der Waals surface area contributed by atoms with Crippen molar-refractivity contribution in [3.05, 3.63) is 58.5 Å². The molecule has 0 spiro atoms. The Morgan fingerprint density at radius 3 is 2.52 bits per heavy atom. The average molecular weight is 470 g/mol. The smallest absolute Gasteiger partial charge is 0.250 e. The number of nitrogens with zero attached hydrogens (tertiary/aromatic N) is 2. The zero-order chi connectivity index (χ0) is 23.0. The van der Waals surface area contributed by atoms with E-state index in [9.17, 15) is 18.0 Å². The van der Waals surface area contributed by atoms with Crippen LogP contribution in [0.2, 0.25) is 0 Å². The van der Waals surface area contributed by atoms with Crippen LogP contribution in [0.3, 0.4) is 0 Å². The van der Waals surface area contributed by atoms with Gasteiger partial charge in [0.2, 0.25) is 15.9 Å². The number of hydrogen-bond donors (Lipinski definition) is 1. The summed E-state index contributed by atoms with van der Waals surface area (Å²) in [4.78, 5) is 24.7. The number of fused-ring (bicyclic) bond motifs is 4. The molecule has 176 valence electrons. The molecule has 2 unspecified atom stereocenters. The zero-order valence-corrected chi connectivity index (χ0v) is 19.6. The molecule has 7 nitrogen and oxygen atoms in total. The number of piperidine rings is 1. The molecule has 2 fully saturated rings. The number of aromatic nitrogens is 1. The fourth-order valence-electron chi connectivity index (χ4n) is 5.77. The summed E-state index contributed by atoms with van der Waals surface area (Å²) in [6, 6.07) is 11.7. The SMILES string of the molecule is O=C(CCC1CCCC1)Nc1ccc(S(=O)(=O)N2CC3CC(C2)c2cccc(=O)n2C3)cc1. The molecule has 1 N–H and O–H groups in total. The first kappa shape index (κ1) is 22.3. The molecule has 1 aliphatic carbocycles. The molecule has 33 heavy (non-hydrogen) atoms. The molecule has 0 radical (unpaired) electrons. The van der Waals surface area contributed by atoms with Crippen molar-refractivity contribution in [3.63, 3.8) is 0 Å². The second-order valence-corrected chi connectivity index (χ2v) is 11.7. The lowest BCUT2D eigenvalue weighted by atomic mass is 9.84. The third-order valence-corrected chi connectivity index (χ3v) is 9.32. The number of pyridine rings is 1. The fourth-order valence-corrected chi connectivity index (χ4v) is 7.33. The molecule has 2 aliphatic heterocycles. The summed E-state index contributed by atoms with van der Waals surface area (Å²) in [5, 5.41) is 2.89. The maximum Gasteiger partial charge on any atom is 0.250 e.